The minimum absolute atomic E-state index is 0.214. The van der Waals surface area contributed by atoms with Crippen molar-refractivity contribution in [1.29, 1.82) is 0 Å². The first-order chi connectivity index (χ1) is 9.36. The first-order valence-corrected chi connectivity index (χ1v) is 8.98. The monoisotopic (exact) mass is 313 g/mol. The molecule has 114 valence electrons. The molecule has 0 bridgehead atoms. The average molecular weight is 314 g/mol. The summed E-state index contributed by atoms with van der Waals surface area (Å²) in [5, 5.41) is 6.86. The second kappa shape index (κ2) is 7.93. The van der Waals surface area contributed by atoms with Gasteiger partial charge in [-0.25, -0.2) is 0 Å². The summed E-state index contributed by atoms with van der Waals surface area (Å²) in [6.07, 6.45) is 3.17. The molecule has 0 aliphatic heterocycles. The molecule has 2 N–H and O–H groups in total. The van der Waals surface area contributed by atoms with E-state index in [-0.39, 0.29) is 4.75 Å². The van der Waals surface area contributed by atoms with E-state index in [0.717, 1.165) is 18.9 Å². The Kier molecular flexibility index (Phi) is 6.89. The van der Waals surface area contributed by atoms with E-state index in [1.165, 1.54) is 9.75 Å². The van der Waals surface area contributed by atoms with Gasteiger partial charge >= 0.3 is 0 Å². The molecule has 0 spiro atoms. The molecule has 20 heavy (non-hydrogen) atoms. The van der Waals surface area contributed by atoms with Gasteiger partial charge in [0.1, 0.15) is 0 Å². The topological polar surface area (TPSA) is 36.4 Å². The van der Waals surface area contributed by atoms with Gasteiger partial charge < -0.3 is 10.6 Å². The maximum Gasteiger partial charge on any atom is 0.191 e. The lowest BCUT2D eigenvalue weighted by molar-refractivity contribution is 0.621. The van der Waals surface area contributed by atoms with Crippen LogP contribution in [-0.4, -0.2) is 36.6 Å². The quantitative estimate of drug-likeness (QED) is 0.625. The Balaban J connectivity index is 2.44. The second-order valence-corrected chi connectivity index (χ2v) is 8.54. The Bertz CT molecular complexity index is 438. The van der Waals surface area contributed by atoms with E-state index >= 15 is 0 Å². The fraction of sp³-hybridized carbons (Fsp3) is 0.667. The van der Waals surface area contributed by atoms with Crippen LogP contribution in [0.2, 0.25) is 0 Å². The molecule has 0 saturated heterocycles. The zero-order chi connectivity index (χ0) is 15.2. The Morgan fingerprint density at radius 3 is 2.65 bits per heavy atom. The number of guanidine groups is 1. The van der Waals surface area contributed by atoms with Gasteiger partial charge in [-0.15, -0.1) is 11.3 Å². The van der Waals surface area contributed by atoms with Gasteiger partial charge in [0.2, 0.25) is 0 Å². The molecule has 0 aliphatic rings. The number of hydrogen-bond acceptors (Lipinski definition) is 3. The Morgan fingerprint density at radius 1 is 1.45 bits per heavy atom. The molecule has 1 aromatic rings. The average Bonchev–Trinajstić information content (AvgIpc) is 2.79. The molecule has 1 heterocycles. The number of nitrogens with one attached hydrogen (secondary N) is 2. The maximum absolute atomic E-state index is 4.30. The predicted octanol–water partition coefficient (Wildman–Crippen LogP) is 3.29. The number of rotatable bonds is 6. The Hall–Kier alpha value is -0.680. The summed E-state index contributed by atoms with van der Waals surface area (Å²) in [6, 6.07) is 4.77. The third-order valence-electron chi connectivity index (χ3n) is 3.14. The molecule has 3 nitrogen and oxygen atoms in total. The molecule has 0 aromatic carbocycles. The largest absolute Gasteiger partial charge is 0.355 e. The highest BCUT2D eigenvalue weighted by atomic mass is 32.2. The molecule has 0 radical (unpaired) electrons. The van der Waals surface area contributed by atoms with E-state index in [4.69, 9.17) is 0 Å². The van der Waals surface area contributed by atoms with Gasteiger partial charge in [-0.05, 0) is 46.1 Å². The molecule has 1 aromatic heterocycles. The van der Waals surface area contributed by atoms with Crippen molar-refractivity contribution in [3.8, 4) is 0 Å². The van der Waals surface area contributed by atoms with E-state index in [1.54, 1.807) is 0 Å². The van der Waals surface area contributed by atoms with Crippen molar-refractivity contribution >= 4 is 29.1 Å². The number of aliphatic imine (C=N–C) groups is 1. The van der Waals surface area contributed by atoms with Crippen LogP contribution < -0.4 is 10.6 Å². The zero-order valence-electron chi connectivity index (χ0n) is 13.4. The van der Waals surface area contributed by atoms with Crippen LogP contribution in [0.15, 0.2) is 17.1 Å². The van der Waals surface area contributed by atoms with Crippen LogP contribution in [0.3, 0.4) is 0 Å². The van der Waals surface area contributed by atoms with Crippen LogP contribution in [-0.2, 0) is 6.42 Å². The highest BCUT2D eigenvalue weighted by Crippen LogP contribution is 2.19. The van der Waals surface area contributed by atoms with Gasteiger partial charge in [0, 0.05) is 40.6 Å². The fourth-order valence-electron chi connectivity index (χ4n) is 1.74. The van der Waals surface area contributed by atoms with Crippen LogP contribution >= 0.6 is 23.1 Å². The Labute approximate surface area is 131 Å². The molecule has 0 amide bonds. The van der Waals surface area contributed by atoms with Crippen LogP contribution in [0, 0.1) is 6.92 Å². The fourth-order valence-corrected chi connectivity index (χ4v) is 2.98. The van der Waals surface area contributed by atoms with Crippen LogP contribution in [0.25, 0.3) is 0 Å². The van der Waals surface area contributed by atoms with Crippen molar-refractivity contribution in [2.75, 3.05) is 19.8 Å². The molecular formula is C15H27N3S2. The van der Waals surface area contributed by atoms with Crippen LogP contribution in [0.5, 0.6) is 0 Å². The zero-order valence-corrected chi connectivity index (χ0v) is 15.0. The van der Waals surface area contributed by atoms with E-state index in [0.29, 0.717) is 6.04 Å². The number of aryl methyl sites for hydroxylation is 1. The number of thioether (sulfide) groups is 1. The van der Waals surface area contributed by atoms with Crippen molar-refractivity contribution in [3.05, 3.63) is 21.9 Å². The van der Waals surface area contributed by atoms with Crippen molar-refractivity contribution in [1.82, 2.24) is 10.6 Å². The molecule has 1 atom stereocenters. The van der Waals surface area contributed by atoms with Gasteiger partial charge in [-0.2, -0.15) is 11.8 Å². The van der Waals surface area contributed by atoms with E-state index < -0.39 is 0 Å². The van der Waals surface area contributed by atoms with Gasteiger partial charge in [0.15, 0.2) is 5.96 Å². The Morgan fingerprint density at radius 2 is 2.15 bits per heavy atom. The molecule has 0 fully saturated rings. The lowest BCUT2D eigenvalue weighted by atomic mass is 10.2. The van der Waals surface area contributed by atoms with Crippen LogP contribution in [0.1, 0.15) is 30.5 Å². The smallest absolute Gasteiger partial charge is 0.191 e. The number of nitrogens with zero attached hydrogens (tertiary/aromatic N) is 1. The summed E-state index contributed by atoms with van der Waals surface area (Å²) in [7, 11) is 1.82. The minimum Gasteiger partial charge on any atom is -0.355 e. The summed E-state index contributed by atoms with van der Waals surface area (Å²) in [5.41, 5.74) is 0. The van der Waals surface area contributed by atoms with Gasteiger partial charge in [-0.3, -0.25) is 4.99 Å². The highest BCUT2D eigenvalue weighted by Gasteiger charge is 2.16. The van der Waals surface area contributed by atoms with Gasteiger partial charge in [0.05, 0.1) is 0 Å². The molecule has 5 heteroatoms. The number of hydrogen-bond donors (Lipinski definition) is 2. The summed E-state index contributed by atoms with van der Waals surface area (Å²) >= 11 is 3.73. The van der Waals surface area contributed by atoms with Gasteiger partial charge in [-0.1, -0.05) is 0 Å². The van der Waals surface area contributed by atoms with E-state index in [1.807, 2.05) is 30.1 Å². The van der Waals surface area contributed by atoms with Crippen molar-refractivity contribution in [3.63, 3.8) is 0 Å². The first kappa shape index (κ1) is 17.4. The number of thiophene rings is 1. The molecule has 1 unspecified atom stereocenters. The molecular weight excluding hydrogens is 286 g/mol. The summed E-state index contributed by atoms with van der Waals surface area (Å²) in [6.45, 7) is 9.71. The van der Waals surface area contributed by atoms with E-state index in [2.05, 4.69) is 61.7 Å². The normalized spacial score (nSPS) is 14.2. The summed E-state index contributed by atoms with van der Waals surface area (Å²) in [5.74, 6) is 0.882. The highest BCUT2D eigenvalue weighted by molar-refractivity contribution is 7.99. The lowest BCUT2D eigenvalue weighted by Gasteiger charge is -2.25. The van der Waals surface area contributed by atoms with Crippen molar-refractivity contribution in [2.45, 2.75) is 44.9 Å². The minimum atomic E-state index is 0.214. The first-order valence-electron chi connectivity index (χ1n) is 6.94. The SMILES string of the molecule is CN=C(NCC(C)(C)SC)NC(C)Cc1ccc(C)s1. The molecule has 0 saturated carbocycles. The second-order valence-electron chi connectivity index (χ2n) is 5.65. The predicted molar refractivity (Wildman–Crippen MR) is 94.3 cm³/mol. The summed E-state index contributed by atoms with van der Waals surface area (Å²) in [4.78, 5) is 7.09. The molecule has 0 aliphatic carbocycles. The third kappa shape index (κ3) is 6.18. The van der Waals surface area contributed by atoms with Gasteiger partial charge in [0.25, 0.3) is 0 Å². The third-order valence-corrected chi connectivity index (χ3v) is 5.42. The lowest BCUT2D eigenvalue weighted by Crippen LogP contribution is -2.46. The van der Waals surface area contributed by atoms with Crippen molar-refractivity contribution < 1.29 is 0 Å². The van der Waals surface area contributed by atoms with Crippen LogP contribution in [0.4, 0.5) is 0 Å². The maximum atomic E-state index is 4.30. The van der Waals surface area contributed by atoms with Crippen molar-refractivity contribution in [2.24, 2.45) is 4.99 Å². The summed E-state index contributed by atoms with van der Waals surface area (Å²) < 4.78 is 0.214. The standard InChI is InChI=1S/C15H27N3S2/c1-11(9-13-8-7-12(2)20-13)18-14(16-5)17-10-15(3,4)19-6/h7-8,11H,9-10H2,1-6H3,(H2,16,17,18). The molecule has 1 rings (SSSR count). The van der Waals surface area contributed by atoms with E-state index in [9.17, 15) is 0 Å².